The van der Waals surface area contributed by atoms with E-state index in [4.69, 9.17) is 11.6 Å². The number of carbonyl (C=O) groups is 1. The van der Waals surface area contributed by atoms with Gasteiger partial charge in [-0.1, -0.05) is 29.8 Å². The predicted octanol–water partition coefficient (Wildman–Crippen LogP) is 3.02. The number of hydrogen-bond acceptors (Lipinski definition) is 2. The second kappa shape index (κ2) is 5.62. The van der Waals surface area contributed by atoms with Gasteiger partial charge < -0.3 is 10.6 Å². The summed E-state index contributed by atoms with van der Waals surface area (Å²) in [6, 6.07) is 9.06. The Balaban J connectivity index is 1.71. The molecule has 2 aliphatic heterocycles. The van der Waals surface area contributed by atoms with E-state index in [2.05, 4.69) is 10.6 Å². The minimum Gasteiger partial charge on any atom is -0.352 e. The Morgan fingerprint density at radius 1 is 1.24 bits per heavy atom. The van der Waals surface area contributed by atoms with Gasteiger partial charge in [-0.05, 0) is 51.2 Å². The molecule has 2 unspecified atom stereocenters. The molecule has 1 amide bonds. The van der Waals surface area contributed by atoms with E-state index in [1.807, 2.05) is 38.1 Å². The fraction of sp³-hybridized carbons (Fsp3) is 0.588. The Kier molecular flexibility index (Phi) is 3.98. The zero-order chi connectivity index (χ0) is 15.0. The first kappa shape index (κ1) is 14.9. The van der Waals surface area contributed by atoms with Crippen molar-refractivity contribution in [2.75, 3.05) is 0 Å². The van der Waals surface area contributed by atoms with Crippen LogP contribution in [-0.4, -0.2) is 24.0 Å². The minimum atomic E-state index is -0.609. The van der Waals surface area contributed by atoms with Crippen LogP contribution in [-0.2, 0) is 10.2 Å². The monoisotopic (exact) mass is 306 g/mol. The van der Waals surface area contributed by atoms with Crippen LogP contribution in [0.1, 0.15) is 45.1 Å². The lowest BCUT2D eigenvalue weighted by atomic mass is 9.83. The second-order valence-electron chi connectivity index (χ2n) is 6.88. The van der Waals surface area contributed by atoms with Crippen molar-refractivity contribution in [2.45, 2.75) is 63.1 Å². The van der Waals surface area contributed by atoms with Crippen LogP contribution in [0.25, 0.3) is 0 Å². The molecule has 2 heterocycles. The highest BCUT2D eigenvalue weighted by atomic mass is 35.5. The summed E-state index contributed by atoms with van der Waals surface area (Å²) >= 11 is 6.26. The van der Waals surface area contributed by atoms with Gasteiger partial charge in [-0.15, -0.1) is 0 Å². The molecule has 3 rings (SSSR count). The third-order valence-electron chi connectivity index (χ3n) is 4.92. The third kappa shape index (κ3) is 2.95. The van der Waals surface area contributed by atoms with Crippen LogP contribution in [0.15, 0.2) is 24.3 Å². The quantitative estimate of drug-likeness (QED) is 0.901. The van der Waals surface area contributed by atoms with Gasteiger partial charge in [0.05, 0.1) is 5.41 Å². The third-order valence-corrected chi connectivity index (χ3v) is 5.25. The molecule has 3 nitrogen and oxygen atoms in total. The smallest absolute Gasteiger partial charge is 0.230 e. The fourth-order valence-corrected chi connectivity index (χ4v) is 4.00. The molecule has 4 heteroatoms. The molecule has 0 aliphatic carbocycles. The van der Waals surface area contributed by atoms with Gasteiger partial charge in [0.1, 0.15) is 0 Å². The van der Waals surface area contributed by atoms with E-state index >= 15 is 0 Å². The summed E-state index contributed by atoms with van der Waals surface area (Å²) < 4.78 is 0. The van der Waals surface area contributed by atoms with Crippen molar-refractivity contribution in [2.24, 2.45) is 0 Å². The zero-order valence-electron chi connectivity index (χ0n) is 12.7. The highest BCUT2D eigenvalue weighted by Crippen LogP contribution is 2.31. The molecule has 2 bridgehead atoms. The number of hydrogen-bond donors (Lipinski definition) is 2. The van der Waals surface area contributed by atoms with Gasteiger partial charge in [-0.25, -0.2) is 0 Å². The van der Waals surface area contributed by atoms with Gasteiger partial charge in [0, 0.05) is 23.1 Å². The Hall–Kier alpha value is -1.06. The summed E-state index contributed by atoms with van der Waals surface area (Å²) in [7, 11) is 0. The number of fused-ring (bicyclic) bond motifs is 2. The summed E-state index contributed by atoms with van der Waals surface area (Å²) in [5.41, 5.74) is 0.281. The first-order valence-electron chi connectivity index (χ1n) is 7.79. The van der Waals surface area contributed by atoms with Crippen molar-refractivity contribution in [3.8, 4) is 0 Å². The number of piperidine rings is 1. The number of nitrogens with one attached hydrogen (secondary N) is 2. The van der Waals surface area contributed by atoms with Gasteiger partial charge in [-0.3, -0.25) is 4.79 Å². The van der Waals surface area contributed by atoms with E-state index in [0.29, 0.717) is 17.1 Å². The van der Waals surface area contributed by atoms with Crippen LogP contribution in [0.5, 0.6) is 0 Å². The lowest BCUT2D eigenvalue weighted by Gasteiger charge is -2.33. The Morgan fingerprint density at radius 2 is 1.86 bits per heavy atom. The van der Waals surface area contributed by atoms with Crippen molar-refractivity contribution < 1.29 is 4.79 Å². The molecule has 2 saturated heterocycles. The summed E-state index contributed by atoms with van der Waals surface area (Å²) in [5.74, 6) is 0.0712. The summed E-state index contributed by atoms with van der Waals surface area (Å²) in [6.07, 6.45) is 4.57. The SMILES string of the molecule is CC(C)(C(=O)NC1CC2CCC(C1)N2)c1ccccc1Cl. The van der Waals surface area contributed by atoms with Crippen molar-refractivity contribution in [3.05, 3.63) is 34.9 Å². The van der Waals surface area contributed by atoms with Crippen LogP contribution < -0.4 is 10.6 Å². The highest BCUT2D eigenvalue weighted by Gasteiger charge is 2.37. The number of rotatable bonds is 3. The number of carbonyl (C=O) groups excluding carboxylic acids is 1. The lowest BCUT2D eigenvalue weighted by molar-refractivity contribution is -0.126. The molecule has 0 saturated carbocycles. The summed E-state index contributed by atoms with van der Waals surface area (Å²) in [5, 5.41) is 7.50. The molecule has 2 atom stereocenters. The number of amides is 1. The van der Waals surface area contributed by atoms with E-state index in [1.54, 1.807) is 0 Å². The largest absolute Gasteiger partial charge is 0.352 e. The summed E-state index contributed by atoms with van der Waals surface area (Å²) in [4.78, 5) is 12.7. The second-order valence-corrected chi connectivity index (χ2v) is 7.29. The normalized spacial score (nSPS) is 28.4. The first-order chi connectivity index (χ1) is 9.96. The molecule has 1 aromatic carbocycles. The number of benzene rings is 1. The lowest BCUT2D eigenvalue weighted by Crippen LogP contribution is -2.51. The fourth-order valence-electron chi connectivity index (χ4n) is 3.63. The molecule has 1 aromatic rings. The van der Waals surface area contributed by atoms with Gasteiger partial charge in [-0.2, -0.15) is 0 Å². The van der Waals surface area contributed by atoms with Gasteiger partial charge in [0.25, 0.3) is 0 Å². The molecular formula is C17H23ClN2O. The van der Waals surface area contributed by atoms with E-state index < -0.39 is 5.41 Å². The molecular weight excluding hydrogens is 284 g/mol. The topological polar surface area (TPSA) is 41.1 Å². The summed E-state index contributed by atoms with van der Waals surface area (Å²) in [6.45, 7) is 3.89. The molecule has 21 heavy (non-hydrogen) atoms. The Morgan fingerprint density at radius 3 is 2.48 bits per heavy atom. The van der Waals surface area contributed by atoms with E-state index in [1.165, 1.54) is 12.8 Å². The highest BCUT2D eigenvalue weighted by molar-refractivity contribution is 6.31. The molecule has 0 radical (unpaired) electrons. The van der Waals surface area contributed by atoms with E-state index in [9.17, 15) is 4.79 Å². The van der Waals surface area contributed by atoms with Crippen molar-refractivity contribution >= 4 is 17.5 Å². The van der Waals surface area contributed by atoms with Gasteiger partial charge in [0.15, 0.2) is 0 Å². The standard InChI is InChI=1S/C17H23ClN2O/c1-17(2,14-5-3-4-6-15(14)18)16(21)20-13-9-11-7-8-12(10-13)19-11/h3-6,11-13,19H,7-10H2,1-2H3,(H,20,21). The minimum absolute atomic E-state index is 0.0712. The van der Waals surface area contributed by atoms with Crippen molar-refractivity contribution in [3.63, 3.8) is 0 Å². The first-order valence-corrected chi connectivity index (χ1v) is 8.16. The van der Waals surface area contributed by atoms with Gasteiger partial charge in [0.2, 0.25) is 5.91 Å². The van der Waals surface area contributed by atoms with E-state index in [-0.39, 0.29) is 11.9 Å². The molecule has 2 fully saturated rings. The van der Waals surface area contributed by atoms with Crippen LogP contribution >= 0.6 is 11.6 Å². The Bertz CT molecular complexity index is 531. The maximum Gasteiger partial charge on any atom is 0.230 e. The predicted molar refractivity (Wildman–Crippen MR) is 85.6 cm³/mol. The zero-order valence-corrected chi connectivity index (χ0v) is 13.4. The molecule has 0 spiro atoms. The van der Waals surface area contributed by atoms with Crippen LogP contribution in [0.2, 0.25) is 5.02 Å². The average Bonchev–Trinajstić information content (AvgIpc) is 2.78. The molecule has 2 aliphatic rings. The average molecular weight is 307 g/mol. The van der Waals surface area contributed by atoms with Crippen molar-refractivity contribution in [1.82, 2.24) is 10.6 Å². The molecule has 2 N–H and O–H groups in total. The molecule has 114 valence electrons. The maximum absolute atomic E-state index is 12.7. The maximum atomic E-state index is 12.7. The van der Waals surface area contributed by atoms with Crippen molar-refractivity contribution in [1.29, 1.82) is 0 Å². The molecule has 0 aromatic heterocycles. The Labute approximate surface area is 131 Å². The van der Waals surface area contributed by atoms with Crippen LogP contribution in [0, 0.1) is 0 Å². The number of halogens is 1. The van der Waals surface area contributed by atoms with Crippen LogP contribution in [0.4, 0.5) is 0 Å². The van der Waals surface area contributed by atoms with Crippen LogP contribution in [0.3, 0.4) is 0 Å². The van der Waals surface area contributed by atoms with Gasteiger partial charge >= 0.3 is 0 Å². The van der Waals surface area contributed by atoms with E-state index in [0.717, 1.165) is 18.4 Å².